The summed E-state index contributed by atoms with van der Waals surface area (Å²) >= 11 is 1.41. The van der Waals surface area contributed by atoms with Crippen LogP contribution in [0.3, 0.4) is 0 Å². The Labute approximate surface area is 258 Å². The Hall–Kier alpha value is -4.87. The smallest absolute Gasteiger partial charge is 0.409 e. The number of nitro benzene ring substituents is 1. The first kappa shape index (κ1) is 29.2. The van der Waals surface area contributed by atoms with Crippen molar-refractivity contribution in [2.45, 2.75) is 19.4 Å². The summed E-state index contributed by atoms with van der Waals surface area (Å²) in [5, 5.41) is 14.2. The van der Waals surface area contributed by atoms with E-state index in [0.717, 1.165) is 16.1 Å². The standard InChI is InChI=1S/C33H31N5O5S/c1-22(39)34-32-35-30(15-12-23-10-13-24(14-11-23)38(41)42)31(44-32)20-36-16-18-37(19-17-36)33(40)43-21-29-27-8-4-2-6-25(27)26-7-3-5-9-28(26)29/h2-15,29H,16-21H2,1H3,(H,34,35,39)/b15-12-. The third kappa shape index (κ3) is 6.38. The molecule has 0 bridgehead atoms. The van der Waals surface area contributed by atoms with E-state index < -0.39 is 4.92 Å². The first-order chi connectivity index (χ1) is 21.4. The molecule has 1 aliphatic heterocycles. The van der Waals surface area contributed by atoms with E-state index in [1.165, 1.54) is 52.6 Å². The maximum Gasteiger partial charge on any atom is 0.409 e. The van der Waals surface area contributed by atoms with Crippen molar-refractivity contribution in [2.75, 3.05) is 38.1 Å². The average Bonchev–Trinajstić information content (AvgIpc) is 3.56. The van der Waals surface area contributed by atoms with Gasteiger partial charge in [0.15, 0.2) is 5.13 Å². The molecule has 224 valence electrons. The molecule has 0 spiro atoms. The number of piperazine rings is 1. The third-order valence-electron chi connectivity index (χ3n) is 7.88. The van der Waals surface area contributed by atoms with E-state index in [4.69, 9.17) is 4.74 Å². The fraction of sp³-hybridized carbons (Fsp3) is 0.242. The van der Waals surface area contributed by atoms with Gasteiger partial charge >= 0.3 is 6.09 Å². The molecule has 0 saturated carbocycles. The van der Waals surface area contributed by atoms with Crippen molar-refractivity contribution in [3.63, 3.8) is 0 Å². The van der Waals surface area contributed by atoms with Crippen LogP contribution < -0.4 is 5.32 Å². The van der Waals surface area contributed by atoms with Gasteiger partial charge in [0.05, 0.1) is 10.6 Å². The summed E-state index contributed by atoms with van der Waals surface area (Å²) < 4.78 is 5.86. The molecule has 2 heterocycles. The Morgan fingerprint density at radius 2 is 1.61 bits per heavy atom. The predicted octanol–water partition coefficient (Wildman–Crippen LogP) is 6.25. The molecule has 0 unspecified atom stereocenters. The van der Waals surface area contributed by atoms with E-state index in [2.05, 4.69) is 39.5 Å². The molecule has 0 atom stereocenters. The minimum Gasteiger partial charge on any atom is -0.448 e. The molecule has 10 nitrogen and oxygen atoms in total. The minimum atomic E-state index is -0.432. The molecule has 4 aromatic rings. The van der Waals surface area contributed by atoms with Crippen LogP contribution >= 0.6 is 11.3 Å². The van der Waals surface area contributed by atoms with Crippen LogP contribution in [-0.4, -0.2) is 64.5 Å². The Kier molecular flexibility index (Phi) is 8.49. The molecule has 6 rings (SSSR count). The largest absolute Gasteiger partial charge is 0.448 e. The second-order valence-corrected chi connectivity index (χ2v) is 11.8. The Morgan fingerprint density at radius 3 is 2.23 bits per heavy atom. The fourth-order valence-electron chi connectivity index (χ4n) is 5.67. The number of nitro groups is 1. The number of ether oxygens (including phenoxy) is 1. The highest BCUT2D eigenvalue weighted by Crippen LogP contribution is 2.44. The summed E-state index contributed by atoms with van der Waals surface area (Å²) in [6.07, 6.45) is 3.39. The van der Waals surface area contributed by atoms with E-state index in [1.807, 2.05) is 36.4 Å². The predicted molar refractivity (Wildman–Crippen MR) is 170 cm³/mol. The fourth-order valence-corrected chi connectivity index (χ4v) is 6.71. The van der Waals surface area contributed by atoms with Crippen LogP contribution in [0.4, 0.5) is 15.6 Å². The van der Waals surface area contributed by atoms with E-state index in [-0.39, 0.29) is 23.6 Å². The molecule has 1 fully saturated rings. The first-order valence-electron chi connectivity index (χ1n) is 14.4. The van der Waals surface area contributed by atoms with Crippen LogP contribution in [0.25, 0.3) is 23.3 Å². The molecular weight excluding hydrogens is 578 g/mol. The molecule has 44 heavy (non-hydrogen) atoms. The van der Waals surface area contributed by atoms with Gasteiger partial charge in [0.1, 0.15) is 6.61 Å². The molecule has 2 aliphatic rings. The molecule has 11 heteroatoms. The number of carbonyl (C=O) groups excluding carboxylic acids is 2. The van der Waals surface area contributed by atoms with Crippen molar-refractivity contribution in [1.82, 2.24) is 14.8 Å². The topological polar surface area (TPSA) is 118 Å². The summed E-state index contributed by atoms with van der Waals surface area (Å²) in [5.41, 5.74) is 6.32. The third-order valence-corrected chi connectivity index (χ3v) is 8.85. The van der Waals surface area contributed by atoms with E-state index in [0.29, 0.717) is 44.5 Å². The van der Waals surface area contributed by atoms with Gasteiger partial charge in [0, 0.05) is 62.6 Å². The number of carbonyl (C=O) groups is 2. The van der Waals surface area contributed by atoms with E-state index in [1.54, 1.807) is 17.0 Å². The number of aromatic nitrogens is 1. The van der Waals surface area contributed by atoms with Crippen molar-refractivity contribution >= 4 is 46.3 Å². The number of anilines is 1. The molecule has 1 aromatic heterocycles. The van der Waals surface area contributed by atoms with Gasteiger partial charge in [0.2, 0.25) is 5.91 Å². The monoisotopic (exact) mass is 609 g/mol. The number of nitrogens with one attached hydrogen (secondary N) is 1. The number of amides is 2. The maximum absolute atomic E-state index is 13.1. The van der Waals surface area contributed by atoms with Gasteiger partial charge in [0.25, 0.3) is 5.69 Å². The van der Waals surface area contributed by atoms with Gasteiger partial charge in [-0.2, -0.15) is 0 Å². The molecule has 1 aliphatic carbocycles. The zero-order valence-corrected chi connectivity index (χ0v) is 25.0. The highest BCUT2D eigenvalue weighted by atomic mass is 32.1. The number of fused-ring (bicyclic) bond motifs is 3. The minimum absolute atomic E-state index is 0.0225. The van der Waals surface area contributed by atoms with Crippen molar-refractivity contribution in [3.8, 4) is 11.1 Å². The van der Waals surface area contributed by atoms with Crippen molar-refractivity contribution in [1.29, 1.82) is 0 Å². The summed E-state index contributed by atoms with van der Waals surface area (Å²) in [6, 6.07) is 22.9. The molecule has 0 radical (unpaired) electrons. The van der Waals surface area contributed by atoms with Crippen LogP contribution in [0.1, 0.15) is 40.1 Å². The van der Waals surface area contributed by atoms with Crippen molar-refractivity contribution in [3.05, 3.63) is 110 Å². The Morgan fingerprint density at radius 1 is 0.977 bits per heavy atom. The zero-order chi connectivity index (χ0) is 30.6. The SMILES string of the molecule is CC(=O)Nc1nc(/C=C\c2ccc([N+](=O)[O-])cc2)c(CN2CCN(C(=O)OCC3c4ccccc4-c4ccccc43)CC2)s1. The Bertz CT molecular complexity index is 1680. The van der Waals surface area contributed by atoms with Gasteiger partial charge in [-0.25, -0.2) is 9.78 Å². The molecule has 1 saturated heterocycles. The van der Waals surface area contributed by atoms with Crippen LogP contribution in [0.15, 0.2) is 72.8 Å². The van der Waals surface area contributed by atoms with Gasteiger partial charge < -0.3 is 15.0 Å². The normalized spacial score (nSPS) is 14.8. The lowest BCUT2D eigenvalue weighted by atomic mass is 9.98. The van der Waals surface area contributed by atoms with Gasteiger partial charge in [-0.3, -0.25) is 19.8 Å². The molecule has 1 N–H and O–H groups in total. The van der Waals surface area contributed by atoms with Crippen molar-refractivity contribution < 1.29 is 19.2 Å². The number of benzene rings is 3. The van der Waals surface area contributed by atoms with Crippen LogP contribution in [0.2, 0.25) is 0 Å². The maximum atomic E-state index is 13.1. The number of nitrogens with zero attached hydrogens (tertiary/aromatic N) is 4. The van der Waals surface area contributed by atoms with Crippen molar-refractivity contribution in [2.24, 2.45) is 0 Å². The average molecular weight is 610 g/mol. The molecule has 2 amide bonds. The number of rotatable bonds is 8. The van der Waals surface area contributed by atoms with Gasteiger partial charge in [-0.05, 0) is 46.0 Å². The first-order valence-corrected chi connectivity index (χ1v) is 15.2. The van der Waals surface area contributed by atoms with E-state index in [9.17, 15) is 19.7 Å². The lowest BCUT2D eigenvalue weighted by molar-refractivity contribution is -0.384. The Balaban J connectivity index is 1.07. The quantitative estimate of drug-likeness (QED) is 0.185. The second-order valence-electron chi connectivity index (χ2n) is 10.8. The summed E-state index contributed by atoms with van der Waals surface area (Å²) in [5.74, 6) is -0.179. The highest BCUT2D eigenvalue weighted by Gasteiger charge is 2.30. The molecule has 3 aromatic carbocycles. The van der Waals surface area contributed by atoms with Gasteiger partial charge in [-0.1, -0.05) is 65.9 Å². The zero-order valence-electron chi connectivity index (χ0n) is 24.1. The summed E-state index contributed by atoms with van der Waals surface area (Å²) in [7, 11) is 0. The van der Waals surface area contributed by atoms with Gasteiger partial charge in [-0.15, -0.1) is 0 Å². The number of thiazole rings is 1. The molecular formula is C33H31N5O5S. The lowest BCUT2D eigenvalue weighted by Gasteiger charge is -2.34. The van der Waals surface area contributed by atoms with E-state index >= 15 is 0 Å². The van der Waals surface area contributed by atoms with Crippen LogP contribution in [0, 0.1) is 10.1 Å². The highest BCUT2D eigenvalue weighted by molar-refractivity contribution is 7.16. The second kappa shape index (κ2) is 12.8. The van der Waals surface area contributed by atoms with Crippen LogP contribution in [0.5, 0.6) is 0 Å². The summed E-state index contributed by atoms with van der Waals surface area (Å²) in [6.45, 7) is 4.77. The number of non-ortho nitro benzene ring substituents is 1. The lowest BCUT2D eigenvalue weighted by Crippen LogP contribution is -2.48. The summed E-state index contributed by atoms with van der Waals surface area (Å²) in [4.78, 5) is 44.8. The number of hydrogen-bond acceptors (Lipinski definition) is 8. The number of hydrogen-bond donors (Lipinski definition) is 1. The van der Waals surface area contributed by atoms with Crippen LogP contribution in [-0.2, 0) is 16.1 Å².